The van der Waals surface area contributed by atoms with E-state index in [2.05, 4.69) is 0 Å². The summed E-state index contributed by atoms with van der Waals surface area (Å²) in [6.45, 7) is 5.07. The van der Waals surface area contributed by atoms with Gasteiger partial charge in [0.05, 0.1) is 11.7 Å². The van der Waals surface area contributed by atoms with Crippen LogP contribution in [0.4, 0.5) is 4.39 Å². The Bertz CT molecular complexity index is 375. The van der Waals surface area contributed by atoms with Gasteiger partial charge < -0.3 is 14.9 Å². The zero-order chi connectivity index (χ0) is 13.1. The standard InChI is InChI=1S/C13H19FO3/c1-4-13(3,16)8-17-12-6-5-10(9(2)15)7-11(12)14/h5-7,9,15-16H,4,8H2,1-3H3/t9-,13?/m1/s1. The molecule has 0 aliphatic carbocycles. The van der Waals surface area contributed by atoms with Gasteiger partial charge >= 0.3 is 0 Å². The lowest BCUT2D eigenvalue weighted by Gasteiger charge is -2.21. The highest BCUT2D eigenvalue weighted by molar-refractivity contribution is 5.30. The maximum absolute atomic E-state index is 13.6. The number of hydrogen-bond acceptors (Lipinski definition) is 3. The van der Waals surface area contributed by atoms with E-state index in [4.69, 9.17) is 4.74 Å². The quantitative estimate of drug-likeness (QED) is 0.833. The Morgan fingerprint density at radius 2 is 2.12 bits per heavy atom. The lowest BCUT2D eigenvalue weighted by Crippen LogP contribution is -2.31. The summed E-state index contributed by atoms with van der Waals surface area (Å²) in [6.07, 6.45) is -0.183. The number of hydrogen-bond donors (Lipinski definition) is 2. The van der Waals surface area contributed by atoms with Gasteiger partial charge in [0, 0.05) is 0 Å². The van der Waals surface area contributed by atoms with Gasteiger partial charge in [-0.15, -0.1) is 0 Å². The normalized spacial score (nSPS) is 16.4. The molecule has 0 heterocycles. The van der Waals surface area contributed by atoms with E-state index in [0.717, 1.165) is 0 Å². The molecular weight excluding hydrogens is 223 g/mol. The van der Waals surface area contributed by atoms with E-state index in [1.165, 1.54) is 12.1 Å². The fraction of sp³-hybridized carbons (Fsp3) is 0.538. The highest BCUT2D eigenvalue weighted by atomic mass is 19.1. The van der Waals surface area contributed by atoms with Crippen LogP contribution in [0, 0.1) is 5.82 Å². The summed E-state index contributed by atoms with van der Waals surface area (Å²) >= 11 is 0. The highest BCUT2D eigenvalue weighted by Gasteiger charge is 2.19. The van der Waals surface area contributed by atoms with Crippen molar-refractivity contribution in [3.05, 3.63) is 29.6 Å². The van der Waals surface area contributed by atoms with Gasteiger partial charge in [-0.2, -0.15) is 0 Å². The van der Waals surface area contributed by atoms with Crippen molar-refractivity contribution in [2.45, 2.75) is 38.9 Å². The molecule has 17 heavy (non-hydrogen) atoms. The SMILES string of the molecule is CCC(C)(O)COc1ccc([C@@H](C)O)cc1F. The maximum Gasteiger partial charge on any atom is 0.165 e. The summed E-state index contributed by atoms with van der Waals surface area (Å²) in [6, 6.07) is 4.30. The zero-order valence-electron chi connectivity index (χ0n) is 10.4. The Hall–Kier alpha value is -1.13. The van der Waals surface area contributed by atoms with Crippen molar-refractivity contribution in [1.82, 2.24) is 0 Å². The minimum absolute atomic E-state index is 0.0362. The van der Waals surface area contributed by atoms with E-state index < -0.39 is 17.5 Å². The van der Waals surface area contributed by atoms with E-state index in [0.29, 0.717) is 12.0 Å². The Morgan fingerprint density at radius 3 is 2.59 bits per heavy atom. The number of aliphatic hydroxyl groups is 2. The van der Waals surface area contributed by atoms with E-state index in [-0.39, 0.29) is 12.4 Å². The van der Waals surface area contributed by atoms with Crippen molar-refractivity contribution in [1.29, 1.82) is 0 Å². The molecule has 1 aromatic rings. The molecule has 3 nitrogen and oxygen atoms in total. The Labute approximate surface area is 101 Å². The van der Waals surface area contributed by atoms with E-state index in [9.17, 15) is 14.6 Å². The van der Waals surface area contributed by atoms with E-state index in [1.54, 1.807) is 19.9 Å². The van der Waals surface area contributed by atoms with E-state index >= 15 is 0 Å². The lowest BCUT2D eigenvalue weighted by atomic mass is 10.1. The number of aliphatic hydroxyl groups excluding tert-OH is 1. The van der Waals surface area contributed by atoms with Crippen LogP contribution < -0.4 is 4.74 Å². The number of ether oxygens (including phenoxy) is 1. The minimum Gasteiger partial charge on any atom is -0.488 e. The molecule has 1 rings (SSSR count). The van der Waals surface area contributed by atoms with Crippen molar-refractivity contribution in [3.8, 4) is 5.75 Å². The molecule has 96 valence electrons. The summed E-state index contributed by atoms with van der Waals surface area (Å²) in [7, 11) is 0. The van der Waals surface area contributed by atoms with Crippen LogP contribution in [-0.4, -0.2) is 22.4 Å². The molecule has 0 spiro atoms. The molecule has 0 aliphatic rings. The average Bonchev–Trinajstić information content (AvgIpc) is 2.27. The Kier molecular flexibility index (Phi) is 4.48. The third-order valence-electron chi connectivity index (χ3n) is 2.74. The van der Waals surface area contributed by atoms with Crippen molar-refractivity contribution in [3.63, 3.8) is 0 Å². The van der Waals surface area contributed by atoms with Crippen LogP contribution in [0.2, 0.25) is 0 Å². The summed E-state index contributed by atoms with van der Waals surface area (Å²) in [5.74, 6) is -0.446. The minimum atomic E-state index is -0.963. The van der Waals surface area contributed by atoms with Crippen LogP contribution in [0.1, 0.15) is 38.9 Å². The second kappa shape index (κ2) is 5.47. The smallest absolute Gasteiger partial charge is 0.165 e. The van der Waals surface area contributed by atoms with Gasteiger partial charge in [-0.05, 0) is 38.0 Å². The Morgan fingerprint density at radius 1 is 1.47 bits per heavy atom. The molecular formula is C13H19FO3. The van der Waals surface area contributed by atoms with Crippen LogP contribution >= 0.6 is 0 Å². The molecule has 4 heteroatoms. The zero-order valence-corrected chi connectivity index (χ0v) is 10.4. The molecule has 0 fully saturated rings. The predicted octanol–water partition coefficient (Wildman–Crippen LogP) is 2.42. The predicted molar refractivity (Wildman–Crippen MR) is 63.4 cm³/mol. The molecule has 0 saturated heterocycles. The van der Waals surface area contributed by atoms with Crippen molar-refractivity contribution >= 4 is 0 Å². The van der Waals surface area contributed by atoms with Gasteiger partial charge in [0.25, 0.3) is 0 Å². The lowest BCUT2D eigenvalue weighted by molar-refractivity contribution is 0.00731. The first-order valence-electron chi connectivity index (χ1n) is 5.68. The van der Waals surface area contributed by atoms with Crippen molar-refractivity contribution < 1.29 is 19.3 Å². The Balaban J connectivity index is 2.73. The third kappa shape index (κ3) is 3.98. The van der Waals surface area contributed by atoms with Crippen LogP contribution in [0.5, 0.6) is 5.75 Å². The summed E-state index contributed by atoms with van der Waals surface area (Å²) in [4.78, 5) is 0. The summed E-state index contributed by atoms with van der Waals surface area (Å²) < 4.78 is 18.8. The fourth-order valence-electron chi connectivity index (χ4n) is 1.23. The third-order valence-corrected chi connectivity index (χ3v) is 2.74. The molecule has 0 saturated carbocycles. The molecule has 1 aromatic carbocycles. The van der Waals surface area contributed by atoms with Gasteiger partial charge in [-0.25, -0.2) is 4.39 Å². The highest BCUT2D eigenvalue weighted by Crippen LogP contribution is 2.23. The molecule has 2 N–H and O–H groups in total. The largest absolute Gasteiger partial charge is 0.488 e. The topological polar surface area (TPSA) is 49.7 Å². The number of halogens is 1. The first kappa shape index (κ1) is 13.9. The first-order valence-corrected chi connectivity index (χ1v) is 5.68. The van der Waals surface area contributed by atoms with Crippen LogP contribution in [0.15, 0.2) is 18.2 Å². The molecule has 0 amide bonds. The average molecular weight is 242 g/mol. The van der Waals surface area contributed by atoms with Gasteiger partial charge in [-0.1, -0.05) is 13.0 Å². The van der Waals surface area contributed by atoms with Crippen molar-refractivity contribution in [2.75, 3.05) is 6.61 Å². The molecule has 0 bridgehead atoms. The van der Waals surface area contributed by atoms with Crippen molar-refractivity contribution in [2.24, 2.45) is 0 Å². The number of rotatable bonds is 5. The van der Waals surface area contributed by atoms with Gasteiger partial charge in [0.2, 0.25) is 0 Å². The molecule has 0 radical (unpaired) electrons. The first-order chi connectivity index (χ1) is 7.85. The van der Waals surface area contributed by atoms with Crippen LogP contribution in [0.3, 0.4) is 0 Å². The second-order valence-electron chi connectivity index (χ2n) is 4.51. The maximum atomic E-state index is 13.6. The van der Waals surface area contributed by atoms with E-state index in [1.807, 2.05) is 6.92 Å². The van der Waals surface area contributed by atoms with Crippen LogP contribution in [-0.2, 0) is 0 Å². The molecule has 0 aromatic heterocycles. The van der Waals surface area contributed by atoms with Gasteiger partial charge in [-0.3, -0.25) is 0 Å². The molecule has 1 unspecified atom stereocenters. The molecule has 0 aliphatic heterocycles. The summed E-state index contributed by atoms with van der Waals surface area (Å²) in [5, 5.41) is 19.0. The second-order valence-corrected chi connectivity index (χ2v) is 4.51. The van der Waals surface area contributed by atoms with Gasteiger partial charge in [0.15, 0.2) is 11.6 Å². The monoisotopic (exact) mass is 242 g/mol. The summed E-state index contributed by atoms with van der Waals surface area (Å²) in [5.41, 5.74) is -0.466. The number of benzene rings is 1. The fourth-order valence-corrected chi connectivity index (χ4v) is 1.23. The van der Waals surface area contributed by atoms with Gasteiger partial charge in [0.1, 0.15) is 6.61 Å². The van der Waals surface area contributed by atoms with Crippen LogP contribution in [0.25, 0.3) is 0 Å². The molecule has 2 atom stereocenters.